The van der Waals surface area contributed by atoms with E-state index in [1.165, 1.54) is 13.8 Å². The standard InChI is InChI=1S/C26H30N6O5/c1-14(33)29-18-6-8-20(11-18)36-25-22(26(35)37-21-9-7-19(12-21)30-15(2)34)23(28)31-24(32-25)17-5-3-4-16(10-17)13-27/h3-5,10,18-21H,6-9,11-12H2,1-2H3,(H,29,33)(H,30,34)(H2,28,31,32)/t18-,19-,20+,21+/m1/s1. The molecule has 0 radical (unpaired) electrons. The van der Waals surface area contributed by atoms with Gasteiger partial charge in [0.2, 0.25) is 17.7 Å². The van der Waals surface area contributed by atoms with Crippen LogP contribution in [0.15, 0.2) is 24.3 Å². The lowest BCUT2D eigenvalue weighted by Crippen LogP contribution is -2.32. The molecule has 1 heterocycles. The average Bonchev–Trinajstić information content (AvgIpc) is 3.46. The lowest BCUT2D eigenvalue weighted by molar-refractivity contribution is -0.120. The number of aromatic nitrogens is 2. The first-order valence-corrected chi connectivity index (χ1v) is 12.3. The Morgan fingerprint density at radius 2 is 1.65 bits per heavy atom. The maximum Gasteiger partial charge on any atom is 0.347 e. The van der Waals surface area contributed by atoms with E-state index in [0.717, 1.165) is 6.42 Å². The summed E-state index contributed by atoms with van der Waals surface area (Å²) in [6, 6.07) is 8.71. The first-order valence-electron chi connectivity index (χ1n) is 12.3. The van der Waals surface area contributed by atoms with Crippen molar-refractivity contribution in [3.05, 3.63) is 35.4 Å². The molecule has 0 aliphatic heterocycles. The summed E-state index contributed by atoms with van der Waals surface area (Å²) >= 11 is 0. The molecule has 2 saturated carbocycles. The van der Waals surface area contributed by atoms with Crippen LogP contribution in [0.1, 0.15) is 68.3 Å². The molecule has 0 spiro atoms. The summed E-state index contributed by atoms with van der Waals surface area (Å²) in [5.74, 6) is -0.829. The second kappa shape index (κ2) is 11.2. The minimum absolute atomic E-state index is 0.000237. The highest BCUT2D eigenvalue weighted by molar-refractivity contribution is 5.97. The molecule has 4 rings (SSSR count). The number of ether oxygens (including phenoxy) is 2. The van der Waals surface area contributed by atoms with E-state index in [-0.39, 0.29) is 59.2 Å². The van der Waals surface area contributed by atoms with Gasteiger partial charge in [-0.2, -0.15) is 10.2 Å². The molecule has 11 nitrogen and oxygen atoms in total. The Morgan fingerprint density at radius 3 is 2.30 bits per heavy atom. The zero-order valence-corrected chi connectivity index (χ0v) is 20.8. The lowest BCUT2D eigenvalue weighted by atomic mass is 10.1. The van der Waals surface area contributed by atoms with Gasteiger partial charge in [0.25, 0.3) is 0 Å². The number of amides is 2. The van der Waals surface area contributed by atoms with Gasteiger partial charge >= 0.3 is 5.97 Å². The van der Waals surface area contributed by atoms with Gasteiger partial charge in [-0.25, -0.2) is 9.78 Å². The van der Waals surface area contributed by atoms with Crippen LogP contribution in [0, 0.1) is 11.3 Å². The van der Waals surface area contributed by atoms with Crippen molar-refractivity contribution in [3.63, 3.8) is 0 Å². The predicted molar refractivity (Wildman–Crippen MR) is 133 cm³/mol. The van der Waals surface area contributed by atoms with Crippen molar-refractivity contribution in [2.75, 3.05) is 5.73 Å². The van der Waals surface area contributed by atoms with Crippen LogP contribution in [0.25, 0.3) is 11.4 Å². The number of carbonyl (C=O) groups is 3. The molecule has 2 amide bonds. The zero-order chi connectivity index (χ0) is 26.5. The monoisotopic (exact) mass is 506 g/mol. The van der Waals surface area contributed by atoms with E-state index >= 15 is 0 Å². The molecule has 2 aliphatic rings. The number of hydrogen-bond acceptors (Lipinski definition) is 9. The van der Waals surface area contributed by atoms with Gasteiger partial charge in [-0.3, -0.25) is 9.59 Å². The van der Waals surface area contributed by atoms with E-state index in [2.05, 4.69) is 26.7 Å². The minimum Gasteiger partial charge on any atom is -0.474 e. The van der Waals surface area contributed by atoms with Crippen molar-refractivity contribution in [2.45, 2.75) is 76.7 Å². The summed E-state index contributed by atoms with van der Waals surface area (Å²) in [5.41, 5.74) is 7.16. The number of nitriles is 1. The fraction of sp³-hybridized carbons (Fsp3) is 0.462. The summed E-state index contributed by atoms with van der Waals surface area (Å²) in [7, 11) is 0. The van der Waals surface area contributed by atoms with Crippen LogP contribution in [0.3, 0.4) is 0 Å². The highest BCUT2D eigenvalue weighted by atomic mass is 16.5. The Bertz CT molecular complexity index is 1240. The highest BCUT2D eigenvalue weighted by Crippen LogP contribution is 2.32. The number of nitrogens with two attached hydrogens (primary N) is 1. The van der Waals surface area contributed by atoms with Crippen molar-refractivity contribution in [1.29, 1.82) is 5.26 Å². The number of nitrogens with one attached hydrogen (secondary N) is 2. The fourth-order valence-electron chi connectivity index (χ4n) is 4.89. The van der Waals surface area contributed by atoms with Crippen LogP contribution < -0.4 is 21.1 Å². The quantitative estimate of drug-likeness (QED) is 0.477. The van der Waals surface area contributed by atoms with E-state index in [9.17, 15) is 19.6 Å². The van der Waals surface area contributed by atoms with Gasteiger partial charge in [-0.1, -0.05) is 12.1 Å². The molecule has 37 heavy (non-hydrogen) atoms. The van der Waals surface area contributed by atoms with Gasteiger partial charge < -0.3 is 25.8 Å². The van der Waals surface area contributed by atoms with E-state index in [0.29, 0.717) is 43.2 Å². The summed E-state index contributed by atoms with van der Waals surface area (Å²) in [6.45, 7) is 2.92. The van der Waals surface area contributed by atoms with Gasteiger partial charge in [-0.15, -0.1) is 0 Å². The van der Waals surface area contributed by atoms with Crippen molar-refractivity contribution >= 4 is 23.6 Å². The van der Waals surface area contributed by atoms with E-state index in [1.54, 1.807) is 24.3 Å². The molecule has 0 saturated heterocycles. The lowest BCUT2D eigenvalue weighted by Gasteiger charge is -2.19. The van der Waals surface area contributed by atoms with Crippen LogP contribution in [-0.4, -0.2) is 52.0 Å². The molecule has 2 aromatic rings. The molecule has 0 bridgehead atoms. The second-order valence-electron chi connectivity index (χ2n) is 9.49. The SMILES string of the molecule is CC(=O)N[C@@H]1CC[C@H](OC(=O)c2c(N)nc(-c3cccc(C#N)c3)nc2O[C@H]2CC[C@@H](NC(C)=O)C2)C1. The van der Waals surface area contributed by atoms with Gasteiger partial charge in [0.15, 0.2) is 11.4 Å². The third kappa shape index (κ3) is 6.52. The molecule has 4 N–H and O–H groups in total. The number of anilines is 1. The van der Waals surface area contributed by atoms with Crippen LogP contribution in [0.4, 0.5) is 5.82 Å². The maximum absolute atomic E-state index is 13.3. The van der Waals surface area contributed by atoms with Gasteiger partial charge in [0.1, 0.15) is 18.0 Å². The summed E-state index contributed by atoms with van der Waals surface area (Å²) < 4.78 is 11.9. The summed E-state index contributed by atoms with van der Waals surface area (Å²) in [6.07, 6.45) is 3.06. The number of esters is 1. The molecule has 194 valence electrons. The fourth-order valence-corrected chi connectivity index (χ4v) is 4.89. The van der Waals surface area contributed by atoms with Crippen LogP contribution in [0.5, 0.6) is 5.88 Å². The van der Waals surface area contributed by atoms with Crippen molar-refractivity contribution in [3.8, 4) is 23.3 Å². The number of rotatable bonds is 7. The van der Waals surface area contributed by atoms with E-state index < -0.39 is 5.97 Å². The molecule has 11 heteroatoms. The summed E-state index contributed by atoms with van der Waals surface area (Å²) in [5, 5.41) is 15.0. The van der Waals surface area contributed by atoms with E-state index in [1.807, 2.05) is 0 Å². The Balaban J connectivity index is 1.60. The Labute approximate surface area is 214 Å². The third-order valence-corrected chi connectivity index (χ3v) is 6.49. The third-order valence-electron chi connectivity index (χ3n) is 6.49. The highest BCUT2D eigenvalue weighted by Gasteiger charge is 2.33. The van der Waals surface area contributed by atoms with Crippen molar-refractivity contribution in [1.82, 2.24) is 20.6 Å². The number of nitrogens with zero attached hydrogens (tertiary/aromatic N) is 3. The van der Waals surface area contributed by atoms with Crippen LogP contribution >= 0.6 is 0 Å². The largest absolute Gasteiger partial charge is 0.474 e. The molecule has 4 atom stereocenters. The normalized spacial score (nSPS) is 22.6. The molecule has 2 fully saturated rings. The van der Waals surface area contributed by atoms with E-state index in [4.69, 9.17) is 15.2 Å². The summed E-state index contributed by atoms with van der Waals surface area (Å²) in [4.78, 5) is 44.9. The molecular weight excluding hydrogens is 476 g/mol. The van der Waals surface area contributed by atoms with Crippen molar-refractivity contribution in [2.24, 2.45) is 0 Å². The number of carbonyl (C=O) groups excluding carboxylic acids is 3. The number of benzene rings is 1. The van der Waals surface area contributed by atoms with Gasteiger partial charge in [-0.05, 0) is 37.8 Å². The molecule has 2 aliphatic carbocycles. The van der Waals surface area contributed by atoms with Gasteiger partial charge in [0, 0.05) is 44.3 Å². The maximum atomic E-state index is 13.3. The topological polar surface area (TPSA) is 169 Å². The van der Waals surface area contributed by atoms with Crippen LogP contribution in [-0.2, 0) is 14.3 Å². The molecular formula is C26H30N6O5. The first-order chi connectivity index (χ1) is 17.7. The number of nitrogen functional groups attached to an aromatic ring is 1. The van der Waals surface area contributed by atoms with Crippen molar-refractivity contribution < 1.29 is 23.9 Å². The number of hydrogen-bond donors (Lipinski definition) is 3. The molecule has 1 aromatic carbocycles. The molecule has 0 unspecified atom stereocenters. The van der Waals surface area contributed by atoms with Crippen LogP contribution in [0.2, 0.25) is 0 Å². The average molecular weight is 507 g/mol. The smallest absolute Gasteiger partial charge is 0.347 e. The van der Waals surface area contributed by atoms with Gasteiger partial charge in [0.05, 0.1) is 11.6 Å². The Kier molecular flexibility index (Phi) is 7.86. The Hall–Kier alpha value is -4.20. The molecule has 1 aromatic heterocycles. The zero-order valence-electron chi connectivity index (χ0n) is 20.8. The minimum atomic E-state index is -0.699. The first kappa shape index (κ1) is 25.9. The predicted octanol–water partition coefficient (Wildman–Crippen LogP) is 2.25. The Morgan fingerprint density at radius 1 is 1.00 bits per heavy atom. The second-order valence-corrected chi connectivity index (χ2v) is 9.49.